The molecule has 2 unspecified atom stereocenters. The maximum absolute atomic E-state index is 10.7. The predicted molar refractivity (Wildman–Crippen MR) is 55.3 cm³/mol. The molecule has 0 aliphatic carbocycles. The summed E-state index contributed by atoms with van der Waals surface area (Å²) >= 11 is 0. The Kier molecular flexibility index (Phi) is 3.89. The summed E-state index contributed by atoms with van der Waals surface area (Å²) in [6.45, 7) is 2.12. The van der Waals surface area contributed by atoms with Crippen LogP contribution in [0.5, 0.6) is 0 Å². The molecule has 1 N–H and O–H groups in total. The molecule has 1 aliphatic heterocycles. The third-order valence-electron chi connectivity index (χ3n) is 3.02. The number of rotatable bonds is 4. The largest absolute Gasteiger partial charge is 0.481 e. The van der Waals surface area contributed by atoms with Gasteiger partial charge in [-0.3, -0.25) is 4.79 Å². The highest BCUT2D eigenvalue weighted by molar-refractivity contribution is 5.67. The van der Waals surface area contributed by atoms with Gasteiger partial charge in [0.05, 0.1) is 6.42 Å². The van der Waals surface area contributed by atoms with E-state index in [4.69, 9.17) is 5.11 Å². The summed E-state index contributed by atoms with van der Waals surface area (Å²) in [5, 5.41) is 8.82. The lowest BCUT2D eigenvalue weighted by atomic mass is 9.95. The lowest BCUT2D eigenvalue weighted by Crippen LogP contribution is -2.38. The monoisotopic (exact) mass is 200 g/mol. The molecule has 1 saturated heterocycles. The molecule has 1 rings (SSSR count). The van der Waals surface area contributed by atoms with Crippen molar-refractivity contribution in [1.82, 2.24) is 9.80 Å². The van der Waals surface area contributed by atoms with Crippen molar-refractivity contribution < 1.29 is 9.90 Å². The predicted octanol–water partition coefficient (Wildman–Crippen LogP) is 0.343. The van der Waals surface area contributed by atoms with Crippen LogP contribution in [0.2, 0.25) is 0 Å². The van der Waals surface area contributed by atoms with Gasteiger partial charge in [-0.05, 0) is 40.0 Å². The number of aliphatic carboxylic acids is 1. The van der Waals surface area contributed by atoms with Crippen molar-refractivity contribution in [3.8, 4) is 0 Å². The van der Waals surface area contributed by atoms with Crippen molar-refractivity contribution in [2.75, 3.05) is 34.2 Å². The first-order valence-corrected chi connectivity index (χ1v) is 5.07. The molecule has 0 aromatic rings. The molecule has 14 heavy (non-hydrogen) atoms. The van der Waals surface area contributed by atoms with Crippen LogP contribution in [0.3, 0.4) is 0 Å². The zero-order valence-electron chi connectivity index (χ0n) is 9.23. The minimum atomic E-state index is -0.696. The summed E-state index contributed by atoms with van der Waals surface area (Å²) in [5.41, 5.74) is 0. The summed E-state index contributed by atoms with van der Waals surface area (Å²) < 4.78 is 0. The number of hydrogen-bond acceptors (Lipinski definition) is 3. The molecule has 0 radical (unpaired) electrons. The normalized spacial score (nSPS) is 25.6. The number of carboxylic acids is 1. The van der Waals surface area contributed by atoms with Gasteiger partial charge in [0, 0.05) is 12.6 Å². The number of likely N-dealkylation sites (tertiary alicyclic amines) is 1. The molecular formula is C10H20N2O2. The fourth-order valence-electron chi connectivity index (χ4n) is 2.23. The van der Waals surface area contributed by atoms with Crippen LogP contribution in [0, 0.1) is 5.92 Å². The Bertz CT molecular complexity index is 206. The van der Waals surface area contributed by atoms with Gasteiger partial charge in [-0.2, -0.15) is 0 Å². The van der Waals surface area contributed by atoms with E-state index in [1.165, 1.54) is 0 Å². The summed E-state index contributed by atoms with van der Waals surface area (Å²) in [6, 6.07) is 0.178. The van der Waals surface area contributed by atoms with E-state index in [0.29, 0.717) is 5.92 Å². The molecule has 4 nitrogen and oxygen atoms in total. The van der Waals surface area contributed by atoms with Crippen molar-refractivity contribution in [3.05, 3.63) is 0 Å². The third kappa shape index (κ3) is 2.96. The van der Waals surface area contributed by atoms with Crippen LogP contribution in [0.25, 0.3) is 0 Å². The average Bonchev–Trinajstić information content (AvgIpc) is 2.46. The molecule has 1 aliphatic rings. The van der Waals surface area contributed by atoms with Crippen molar-refractivity contribution in [2.24, 2.45) is 5.92 Å². The van der Waals surface area contributed by atoms with Crippen molar-refractivity contribution in [2.45, 2.75) is 18.9 Å². The fraction of sp³-hybridized carbons (Fsp3) is 0.900. The summed E-state index contributed by atoms with van der Waals surface area (Å²) in [5.74, 6) is -0.190. The van der Waals surface area contributed by atoms with Gasteiger partial charge in [0.15, 0.2) is 0 Å². The van der Waals surface area contributed by atoms with Gasteiger partial charge >= 0.3 is 5.97 Å². The first-order valence-electron chi connectivity index (χ1n) is 5.07. The van der Waals surface area contributed by atoms with Crippen LogP contribution in [0.15, 0.2) is 0 Å². The van der Waals surface area contributed by atoms with E-state index in [1.807, 2.05) is 19.0 Å². The molecule has 0 aromatic heterocycles. The lowest BCUT2D eigenvalue weighted by Gasteiger charge is -2.28. The topological polar surface area (TPSA) is 43.8 Å². The molecule has 0 aromatic carbocycles. The zero-order chi connectivity index (χ0) is 10.7. The van der Waals surface area contributed by atoms with Gasteiger partial charge in [0.25, 0.3) is 0 Å². The van der Waals surface area contributed by atoms with E-state index >= 15 is 0 Å². The van der Waals surface area contributed by atoms with Crippen LogP contribution < -0.4 is 0 Å². The number of carbonyl (C=O) groups is 1. The lowest BCUT2D eigenvalue weighted by molar-refractivity contribution is -0.138. The minimum absolute atomic E-state index is 0.178. The highest BCUT2D eigenvalue weighted by Gasteiger charge is 2.30. The van der Waals surface area contributed by atoms with E-state index in [2.05, 4.69) is 11.9 Å². The maximum Gasteiger partial charge on any atom is 0.304 e. The van der Waals surface area contributed by atoms with E-state index in [9.17, 15) is 4.79 Å². The van der Waals surface area contributed by atoms with Crippen LogP contribution in [-0.4, -0.2) is 61.2 Å². The van der Waals surface area contributed by atoms with Gasteiger partial charge in [0.2, 0.25) is 0 Å². The molecule has 4 heteroatoms. The number of hydrogen-bond donors (Lipinski definition) is 1. The molecule has 0 bridgehead atoms. The van der Waals surface area contributed by atoms with Crippen molar-refractivity contribution in [1.29, 1.82) is 0 Å². The smallest absolute Gasteiger partial charge is 0.304 e. The van der Waals surface area contributed by atoms with E-state index < -0.39 is 5.97 Å². The summed E-state index contributed by atoms with van der Waals surface area (Å²) in [6.07, 6.45) is 1.37. The van der Waals surface area contributed by atoms with Crippen LogP contribution in [0.4, 0.5) is 0 Å². The maximum atomic E-state index is 10.7. The van der Waals surface area contributed by atoms with E-state index in [1.54, 1.807) is 0 Å². The first-order chi connectivity index (χ1) is 6.50. The zero-order valence-corrected chi connectivity index (χ0v) is 9.23. The standard InChI is InChI=1S/C10H20N2O2/c1-11(2)9(6-10(13)14)8-4-5-12(3)7-8/h8-9H,4-7H2,1-3H3,(H,13,14). The number of carboxylic acid groups (broad SMARTS) is 1. The quantitative estimate of drug-likeness (QED) is 0.711. The third-order valence-corrected chi connectivity index (χ3v) is 3.02. The summed E-state index contributed by atoms with van der Waals surface area (Å²) in [4.78, 5) is 15.0. The summed E-state index contributed by atoms with van der Waals surface area (Å²) in [7, 11) is 6.02. The first kappa shape index (κ1) is 11.5. The molecule has 0 amide bonds. The second-order valence-electron chi connectivity index (χ2n) is 4.44. The second kappa shape index (κ2) is 4.75. The highest BCUT2D eigenvalue weighted by Crippen LogP contribution is 2.23. The SMILES string of the molecule is CN1CCC(C(CC(=O)O)N(C)C)C1. The molecule has 0 saturated carbocycles. The number of nitrogens with zero attached hydrogens (tertiary/aromatic N) is 2. The minimum Gasteiger partial charge on any atom is -0.481 e. The Hall–Kier alpha value is -0.610. The van der Waals surface area contributed by atoms with Crippen LogP contribution in [-0.2, 0) is 4.79 Å². The van der Waals surface area contributed by atoms with Crippen LogP contribution >= 0.6 is 0 Å². The Morgan fingerprint density at radius 2 is 2.29 bits per heavy atom. The van der Waals surface area contributed by atoms with E-state index in [-0.39, 0.29) is 12.5 Å². The van der Waals surface area contributed by atoms with Gasteiger partial charge in [-0.15, -0.1) is 0 Å². The van der Waals surface area contributed by atoms with E-state index in [0.717, 1.165) is 19.5 Å². The Morgan fingerprint density at radius 3 is 2.64 bits per heavy atom. The molecular weight excluding hydrogens is 180 g/mol. The van der Waals surface area contributed by atoms with Gasteiger partial charge < -0.3 is 14.9 Å². The molecule has 1 fully saturated rings. The van der Waals surface area contributed by atoms with Gasteiger partial charge in [0.1, 0.15) is 0 Å². The molecule has 0 spiro atoms. The Morgan fingerprint density at radius 1 is 1.64 bits per heavy atom. The molecule has 82 valence electrons. The molecule has 2 atom stereocenters. The second-order valence-corrected chi connectivity index (χ2v) is 4.44. The Balaban J connectivity index is 2.54. The van der Waals surface area contributed by atoms with Crippen molar-refractivity contribution in [3.63, 3.8) is 0 Å². The molecule has 1 heterocycles. The Labute approximate surface area is 85.5 Å². The van der Waals surface area contributed by atoms with Gasteiger partial charge in [-0.25, -0.2) is 0 Å². The average molecular weight is 200 g/mol. The van der Waals surface area contributed by atoms with Crippen LogP contribution in [0.1, 0.15) is 12.8 Å². The fourth-order valence-corrected chi connectivity index (χ4v) is 2.23. The highest BCUT2D eigenvalue weighted by atomic mass is 16.4. The van der Waals surface area contributed by atoms with Crippen molar-refractivity contribution >= 4 is 5.97 Å². The van der Waals surface area contributed by atoms with Gasteiger partial charge in [-0.1, -0.05) is 0 Å².